The Labute approximate surface area is 658 Å². The van der Waals surface area contributed by atoms with Crippen molar-refractivity contribution in [2.45, 2.75) is 230 Å². The summed E-state index contributed by atoms with van der Waals surface area (Å²) in [6.07, 6.45) is -3.37. The molecule has 2 aliphatic carbocycles. The van der Waals surface area contributed by atoms with Gasteiger partial charge in [0.2, 0.25) is 65.0 Å². The fourth-order valence-corrected chi connectivity index (χ4v) is 15.7. The molecule has 27 nitrogen and oxygen atoms in total. The van der Waals surface area contributed by atoms with E-state index in [9.17, 15) is 79.8 Å². The van der Waals surface area contributed by atoms with Crippen molar-refractivity contribution in [3.8, 4) is 0 Å². The van der Waals surface area contributed by atoms with Gasteiger partial charge >= 0.3 is 18.2 Å². The van der Waals surface area contributed by atoms with Gasteiger partial charge in [-0.1, -0.05) is 120 Å². The number of halogens is 5. The number of aliphatic carboxylic acids is 1. The average molecular weight is 1590 g/mol. The van der Waals surface area contributed by atoms with E-state index in [1.54, 1.807) is 51.1 Å². The summed E-state index contributed by atoms with van der Waals surface area (Å²) in [4.78, 5) is 199. The van der Waals surface area contributed by atoms with Crippen LogP contribution in [0.2, 0.25) is 0 Å². The smallest absolute Gasteiger partial charge is 0.422 e. The molecule has 10 atom stereocenters. The molecule has 2 saturated heterocycles. The van der Waals surface area contributed by atoms with E-state index in [0.717, 1.165) is 20.9 Å². The number of likely N-dealkylation sites (tertiary alicyclic amines) is 2. The summed E-state index contributed by atoms with van der Waals surface area (Å²) in [5.41, 5.74) is -1.73. The molecule has 113 heavy (non-hydrogen) atoms. The minimum atomic E-state index is -5.35. The maximum atomic E-state index is 15.6. The van der Waals surface area contributed by atoms with Crippen molar-refractivity contribution in [2.75, 3.05) is 75.5 Å². The molecule has 2 heterocycles. The Bertz CT molecular complexity index is 3890. The Morgan fingerprint density at radius 1 is 0.646 bits per heavy atom. The van der Waals surface area contributed by atoms with Gasteiger partial charge in [0.05, 0.1) is 6.42 Å². The number of carboxylic acids is 1. The highest BCUT2D eigenvalue weighted by molar-refractivity contribution is 6.01. The normalized spacial score (nSPS) is 18.2. The number of rotatable bonds is 35. The lowest BCUT2D eigenvalue weighted by Crippen LogP contribution is -2.65. The first-order chi connectivity index (χ1) is 53.2. The predicted molar refractivity (Wildman–Crippen MR) is 407 cm³/mol. The average Bonchev–Trinajstić information content (AvgIpc) is 1.71. The molecule has 622 valence electrons. The monoisotopic (exact) mass is 1590 g/mol. The summed E-state index contributed by atoms with van der Waals surface area (Å²) in [7, 11) is 9.80. The van der Waals surface area contributed by atoms with Crippen LogP contribution in [-0.2, 0) is 87.9 Å². The zero-order valence-electron chi connectivity index (χ0n) is 67.4. The van der Waals surface area contributed by atoms with Crippen LogP contribution in [0.5, 0.6) is 0 Å². The molecule has 4 N–H and O–H groups in total. The van der Waals surface area contributed by atoms with Crippen LogP contribution in [-0.4, -0.2) is 262 Å². The van der Waals surface area contributed by atoms with Crippen molar-refractivity contribution in [3.05, 3.63) is 106 Å². The third-order valence-electron chi connectivity index (χ3n) is 22.8. The highest BCUT2D eigenvalue weighted by Crippen LogP contribution is 2.39. The van der Waals surface area contributed by atoms with Gasteiger partial charge in [-0.15, -0.1) is 0 Å². The predicted octanol–water partition coefficient (Wildman–Crippen LogP) is 7.12. The molecule has 3 aromatic rings. The Morgan fingerprint density at radius 2 is 1.26 bits per heavy atom. The van der Waals surface area contributed by atoms with Crippen LogP contribution < -0.4 is 16.0 Å². The third-order valence-corrected chi connectivity index (χ3v) is 22.8. The van der Waals surface area contributed by atoms with Gasteiger partial charge in [-0.25, -0.2) is 13.6 Å². The Hall–Kier alpha value is -9.78. The van der Waals surface area contributed by atoms with Gasteiger partial charge in [0.15, 0.2) is 0 Å². The number of carbonyl (C=O) groups excluding carboxylic acids is 12. The van der Waals surface area contributed by atoms with Crippen molar-refractivity contribution in [3.63, 3.8) is 0 Å². The maximum Gasteiger partial charge on any atom is 0.422 e. The molecule has 0 spiro atoms. The molecule has 7 rings (SSSR count). The van der Waals surface area contributed by atoms with Crippen molar-refractivity contribution < 1.29 is 94.1 Å². The lowest BCUT2D eigenvalue weighted by molar-refractivity contribution is -0.161. The Kier molecular flexibility index (Phi) is 31.8. The zero-order valence-corrected chi connectivity index (χ0v) is 67.4. The van der Waals surface area contributed by atoms with Gasteiger partial charge in [-0.2, -0.15) is 13.2 Å². The number of hydrogen-bond acceptors (Lipinski definition) is 14. The van der Waals surface area contributed by atoms with E-state index >= 15 is 9.59 Å². The van der Waals surface area contributed by atoms with Crippen molar-refractivity contribution in [2.24, 2.45) is 17.8 Å². The number of hydrogen-bond donors (Lipinski definition) is 4. The molecule has 0 unspecified atom stereocenters. The molecule has 0 radical (unpaired) electrons. The summed E-state index contributed by atoms with van der Waals surface area (Å²) in [5, 5.41) is 17.9. The van der Waals surface area contributed by atoms with Crippen molar-refractivity contribution in [1.29, 1.82) is 0 Å². The maximum absolute atomic E-state index is 15.6. The van der Waals surface area contributed by atoms with Crippen LogP contribution in [0.1, 0.15) is 166 Å². The molecule has 0 aromatic heterocycles. The van der Waals surface area contributed by atoms with E-state index in [1.807, 2.05) is 45.0 Å². The lowest BCUT2D eigenvalue weighted by atomic mass is 9.90. The van der Waals surface area contributed by atoms with Crippen LogP contribution in [0.3, 0.4) is 0 Å². The molecule has 4 aliphatic rings. The Balaban J connectivity index is 1.06. The summed E-state index contributed by atoms with van der Waals surface area (Å²) >= 11 is 0. The molecular formula is C81H113F5N12O15. The highest BCUT2D eigenvalue weighted by Gasteiger charge is 2.52. The van der Waals surface area contributed by atoms with Crippen molar-refractivity contribution in [1.82, 2.24) is 60.0 Å². The number of carboxylic acid groups (broad SMARTS) is 1. The number of aryl methyl sites for hydroxylation is 2. The minimum Gasteiger partial charge on any atom is -0.480 e. The summed E-state index contributed by atoms with van der Waals surface area (Å²) in [6.45, 7) is 11.6. The van der Waals surface area contributed by atoms with Gasteiger partial charge in [0.25, 0.3) is 0 Å². The second-order valence-corrected chi connectivity index (χ2v) is 31.4. The number of nitrogens with zero attached hydrogens (tertiary/aromatic N) is 9. The van der Waals surface area contributed by atoms with E-state index in [0.29, 0.717) is 62.6 Å². The first-order valence-corrected chi connectivity index (χ1v) is 39.0. The van der Waals surface area contributed by atoms with Crippen LogP contribution in [0, 0.1) is 36.3 Å². The number of amides is 12. The lowest BCUT2D eigenvalue weighted by Gasteiger charge is -2.45. The molecule has 0 bridgehead atoms. The largest absolute Gasteiger partial charge is 0.480 e. The number of likely N-dealkylation sites (N-methyl/N-ethyl adjacent to an activating group) is 7. The van der Waals surface area contributed by atoms with Gasteiger partial charge in [-0.05, 0) is 132 Å². The quantitative estimate of drug-likeness (QED) is 0.0426. The standard InChI is InChI=1S/C81H113F5N12O15/c1-15-50(6)67(76(109)92(11)51(7)71(104)98-40-36-60(98)75(108)96(16-2)63(74(107)91(10)46-65(100)101)44-52-32-30-49(5)31-33-52)88-69(102)61(41-48(3)4)93(12)64(99)45-62(73(106)90(8)9)94(13)77(110)68(55-27-20-21-28-55)95(14)78(111)80(37-22-23-38-80)89-70(103)59-29-24-39-97(59)72(105)58(87-79(112)113-47-53-25-18-17-19-26-53)35-34-54-42-56(82)66(57(83)43-54)81(84,85)86/h17-19,25-26,30-33,42-43,48,50-51,55,58-63,67-68H,15-16,20-24,27-29,34-41,44-47H2,1-14H3,(H,87,112)(H,88,102)(H,89,103)(H,100,101)/t50-,51-,58-,59-,60-,61-,62-,63-,67-,68-/m0/s1. The summed E-state index contributed by atoms with van der Waals surface area (Å²) in [5.74, 6) is -13.7. The van der Waals surface area contributed by atoms with Gasteiger partial charge in [0.1, 0.15) is 90.3 Å². The zero-order chi connectivity index (χ0) is 83.8. The fraction of sp³-hybridized carbons (Fsp3) is 0.617. The first kappa shape index (κ1) is 90.4. The highest BCUT2D eigenvalue weighted by atomic mass is 19.4. The number of ether oxygens (including phenoxy) is 1. The van der Waals surface area contributed by atoms with E-state index in [1.165, 1.54) is 90.6 Å². The molecule has 4 fully saturated rings. The fourth-order valence-electron chi connectivity index (χ4n) is 15.7. The van der Waals surface area contributed by atoms with E-state index in [2.05, 4.69) is 16.0 Å². The van der Waals surface area contributed by atoms with Gasteiger partial charge < -0.3 is 69.9 Å². The minimum absolute atomic E-state index is 0.0282. The number of nitrogens with one attached hydrogen (secondary N) is 3. The van der Waals surface area contributed by atoms with Crippen LogP contribution in [0.25, 0.3) is 0 Å². The first-order valence-electron chi connectivity index (χ1n) is 39.0. The Morgan fingerprint density at radius 3 is 1.81 bits per heavy atom. The van der Waals surface area contributed by atoms with Gasteiger partial charge in [0, 0.05) is 75.4 Å². The SMILES string of the molecule is CC[C@H](C)[C@H](NC(=O)[C@H](CC(C)C)N(C)C(=O)C[C@@H](C(=O)N(C)C)N(C)C(=O)[C@H](C1CCCC1)N(C)C(=O)C1(NC(=O)[C@@H]2CCCN2C(=O)[C@H](CCc2cc(F)c(C(F)(F)F)c(F)c2)NC(=O)OCc2ccccc2)CCCC1)C(=O)N(C)[C@@H](C)C(=O)N1CC[C@H]1C(=O)N(CC)[C@@H](Cc1ccc(C)cc1)C(=O)N(C)CC(=O)O. The number of carbonyl (C=O) groups is 13. The molecule has 32 heteroatoms. The molecule has 2 saturated carbocycles. The van der Waals surface area contributed by atoms with Gasteiger partial charge in [-0.3, -0.25) is 57.5 Å². The molecule has 3 aromatic carbocycles. The van der Waals surface area contributed by atoms with Crippen LogP contribution in [0.4, 0.5) is 26.7 Å². The molecule has 12 amide bonds. The third kappa shape index (κ3) is 22.4. The number of benzene rings is 3. The second kappa shape index (κ2) is 39.8. The molecular weight excluding hydrogens is 1480 g/mol. The topological polar surface area (TPSA) is 317 Å². The number of alkyl halides is 3. The van der Waals surface area contributed by atoms with Crippen LogP contribution in [0.15, 0.2) is 66.7 Å². The van der Waals surface area contributed by atoms with E-state index in [4.69, 9.17) is 4.74 Å². The summed E-state index contributed by atoms with van der Waals surface area (Å²) < 4.78 is 75.7. The number of alkyl carbamates (subject to hydrolysis) is 1. The van der Waals surface area contributed by atoms with Crippen molar-refractivity contribution >= 4 is 77.0 Å². The van der Waals surface area contributed by atoms with E-state index < -0.39 is 198 Å². The summed E-state index contributed by atoms with van der Waals surface area (Å²) in [6, 6.07) is 5.39. The van der Waals surface area contributed by atoms with Crippen LogP contribution >= 0.6 is 0 Å². The second-order valence-electron chi connectivity index (χ2n) is 31.4. The molecule has 2 aliphatic heterocycles. The van der Waals surface area contributed by atoms with E-state index in [-0.39, 0.29) is 82.7 Å².